The first-order valence-corrected chi connectivity index (χ1v) is 7.40. The third-order valence-electron chi connectivity index (χ3n) is 2.76. The average Bonchev–Trinajstić information content (AvgIpc) is 2.52. The minimum Gasteiger partial charge on any atom is -0.497 e. The molecule has 0 saturated carbocycles. The Bertz CT molecular complexity index is 595. The molecule has 0 aliphatic heterocycles. The van der Waals surface area contributed by atoms with Crippen molar-refractivity contribution in [1.29, 1.82) is 0 Å². The highest BCUT2D eigenvalue weighted by Gasteiger charge is 2.02. The summed E-state index contributed by atoms with van der Waals surface area (Å²) in [5.41, 5.74) is 0.258. The molecule has 5 heteroatoms. The molecule has 2 rings (SSSR count). The Morgan fingerprint density at radius 1 is 1.14 bits per heavy atom. The molecule has 1 N–H and O–H groups in total. The minimum atomic E-state index is -0.935. The standard InChI is InChI=1S/C16H16O4S/c1-19-14-3-2-4-15(11-14)21-10-9-20-13-7-5-12(6-8-13)16(17)18/h2-8,11H,9-10H2,1H3,(H,17,18). The lowest BCUT2D eigenvalue weighted by molar-refractivity contribution is 0.0697. The predicted octanol–water partition coefficient (Wildman–Crippen LogP) is 3.56. The molecule has 2 aromatic rings. The van der Waals surface area contributed by atoms with Gasteiger partial charge in [-0.15, -0.1) is 11.8 Å². The lowest BCUT2D eigenvalue weighted by Gasteiger charge is -2.07. The van der Waals surface area contributed by atoms with Crippen LogP contribution < -0.4 is 9.47 Å². The third kappa shape index (κ3) is 4.72. The Morgan fingerprint density at radius 2 is 1.90 bits per heavy atom. The molecule has 0 fully saturated rings. The maximum Gasteiger partial charge on any atom is 0.335 e. The van der Waals surface area contributed by atoms with Gasteiger partial charge in [-0.1, -0.05) is 6.07 Å². The highest BCUT2D eigenvalue weighted by atomic mass is 32.2. The summed E-state index contributed by atoms with van der Waals surface area (Å²) in [6, 6.07) is 14.3. The van der Waals surface area contributed by atoms with E-state index >= 15 is 0 Å². The van der Waals surface area contributed by atoms with Crippen LogP contribution >= 0.6 is 11.8 Å². The fourth-order valence-corrected chi connectivity index (χ4v) is 2.48. The van der Waals surface area contributed by atoms with Crippen LogP contribution in [0.1, 0.15) is 10.4 Å². The van der Waals surface area contributed by atoms with Crippen LogP contribution in [0.3, 0.4) is 0 Å². The molecule has 0 atom stereocenters. The molecular formula is C16H16O4S. The predicted molar refractivity (Wildman–Crippen MR) is 82.6 cm³/mol. The number of benzene rings is 2. The number of rotatable bonds is 7. The van der Waals surface area contributed by atoms with Gasteiger partial charge in [0.05, 0.1) is 19.3 Å². The number of hydrogen-bond acceptors (Lipinski definition) is 4. The van der Waals surface area contributed by atoms with E-state index in [9.17, 15) is 4.79 Å². The first kappa shape index (κ1) is 15.3. The number of ether oxygens (including phenoxy) is 2. The van der Waals surface area contributed by atoms with E-state index in [-0.39, 0.29) is 5.56 Å². The van der Waals surface area contributed by atoms with Crippen molar-refractivity contribution in [3.05, 3.63) is 54.1 Å². The van der Waals surface area contributed by atoms with Crippen molar-refractivity contribution < 1.29 is 19.4 Å². The fraction of sp³-hybridized carbons (Fsp3) is 0.188. The topological polar surface area (TPSA) is 55.8 Å². The second kappa shape index (κ2) is 7.59. The quantitative estimate of drug-likeness (QED) is 0.626. The van der Waals surface area contributed by atoms with Crippen molar-refractivity contribution in [3.8, 4) is 11.5 Å². The summed E-state index contributed by atoms with van der Waals surface area (Å²) in [4.78, 5) is 11.9. The van der Waals surface area contributed by atoms with E-state index in [1.54, 1.807) is 31.0 Å². The summed E-state index contributed by atoms with van der Waals surface area (Å²) in [5, 5.41) is 8.80. The molecule has 0 aliphatic carbocycles. The van der Waals surface area contributed by atoms with E-state index in [2.05, 4.69) is 0 Å². The number of carboxylic acids is 1. The molecule has 0 aromatic heterocycles. The van der Waals surface area contributed by atoms with Crippen LogP contribution in [-0.4, -0.2) is 30.5 Å². The number of methoxy groups -OCH3 is 1. The maximum absolute atomic E-state index is 10.7. The van der Waals surface area contributed by atoms with Crippen molar-refractivity contribution >= 4 is 17.7 Å². The molecule has 0 amide bonds. The number of aromatic carboxylic acids is 1. The normalized spacial score (nSPS) is 10.1. The summed E-state index contributed by atoms with van der Waals surface area (Å²) in [7, 11) is 1.65. The summed E-state index contributed by atoms with van der Waals surface area (Å²) in [5.74, 6) is 1.37. The number of carboxylic acid groups (broad SMARTS) is 1. The van der Waals surface area contributed by atoms with Crippen LogP contribution in [0, 0.1) is 0 Å². The largest absolute Gasteiger partial charge is 0.497 e. The zero-order valence-corrected chi connectivity index (χ0v) is 12.4. The molecule has 0 heterocycles. The molecular weight excluding hydrogens is 288 g/mol. The summed E-state index contributed by atoms with van der Waals surface area (Å²) in [6.07, 6.45) is 0. The first-order valence-electron chi connectivity index (χ1n) is 6.42. The summed E-state index contributed by atoms with van der Waals surface area (Å²) in [6.45, 7) is 0.550. The van der Waals surface area contributed by atoms with Crippen LogP contribution in [0.2, 0.25) is 0 Å². The second-order valence-corrected chi connectivity index (χ2v) is 5.37. The SMILES string of the molecule is COc1cccc(SCCOc2ccc(C(=O)O)cc2)c1. The number of hydrogen-bond donors (Lipinski definition) is 1. The van der Waals surface area contributed by atoms with Gasteiger partial charge in [-0.3, -0.25) is 0 Å². The number of thioether (sulfide) groups is 1. The highest BCUT2D eigenvalue weighted by Crippen LogP contribution is 2.22. The monoisotopic (exact) mass is 304 g/mol. The Balaban J connectivity index is 1.77. The van der Waals surface area contributed by atoms with Crippen LogP contribution in [0.25, 0.3) is 0 Å². The molecule has 0 unspecified atom stereocenters. The van der Waals surface area contributed by atoms with Gasteiger partial charge in [0.2, 0.25) is 0 Å². The smallest absolute Gasteiger partial charge is 0.335 e. The molecule has 21 heavy (non-hydrogen) atoms. The van der Waals surface area contributed by atoms with Crippen LogP contribution in [-0.2, 0) is 0 Å². The van der Waals surface area contributed by atoms with Crippen LogP contribution in [0.5, 0.6) is 11.5 Å². The zero-order chi connectivity index (χ0) is 15.1. The Kier molecular flexibility index (Phi) is 5.51. The average molecular weight is 304 g/mol. The van der Waals surface area contributed by atoms with Gasteiger partial charge >= 0.3 is 5.97 Å². The molecule has 0 spiro atoms. The maximum atomic E-state index is 10.7. The molecule has 4 nitrogen and oxygen atoms in total. The molecule has 0 bridgehead atoms. The Labute approximate surface area is 127 Å². The van der Waals surface area contributed by atoms with Crippen molar-refractivity contribution in [3.63, 3.8) is 0 Å². The van der Waals surface area contributed by atoms with E-state index in [1.807, 2.05) is 24.3 Å². The second-order valence-electron chi connectivity index (χ2n) is 4.21. The van der Waals surface area contributed by atoms with Gasteiger partial charge in [0.15, 0.2) is 0 Å². The Hall–Kier alpha value is -2.14. The first-order chi connectivity index (χ1) is 10.2. The van der Waals surface area contributed by atoms with Crippen LogP contribution in [0.4, 0.5) is 0 Å². The van der Waals surface area contributed by atoms with Crippen molar-refractivity contribution in [2.45, 2.75) is 4.90 Å². The van der Waals surface area contributed by atoms with Gasteiger partial charge in [-0.25, -0.2) is 4.79 Å². The van der Waals surface area contributed by atoms with E-state index in [0.717, 1.165) is 16.4 Å². The van der Waals surface area contributed by atoms with Gasteiger partial charge in [-0.2, -0.15) is 0 Å². The van der Waals surface area contributed by atoms with Crippen molar-refractivity contribution in [2.75, 3.05) is 19.5 Å². The van der Waals surface area contributed by atoms with E-state index < -0.39 is 5.97 Å². The third-order valence-corrected chi connectivity index (χ3v) is 3.72. The van der Waals surface area contributed by atoms with Crippen LogP contribution in [0.15, 0.2) is 53.4 Å². The Morgan fingerprint density at radius 3 is 2.57 bits per heavy atom. The molecule has 0 saturated heterocycles. The zero-order valence-electron chi connectivity index (χ0n) is 11.6. The molecule has 0 radical (unpaired) electrons. The van der Waals surface area contributed by atoms with Gasteiger partial charge in [0.25, 0.3) is 0 Å². The van der Waals surface area contributed by atoms with Gasteiger partial charge in [0.1, 0.15) is 11.5 Å². The number of carbonyl (C=O) groups is 1. The lowest BCUT2D eigenvalue weighted by Crippen LogP contribution is -2.01. The summed E-state index contributed by atoms with van der Waals surface area (Å²) < 4.78 is 10.7. The lowest BCUT2D eigenvalue weighted by atomic mass is 10.2. The van der Waals surface area contributed by atoms with E-state index in [4.69, 9.17) is 14.6 Å². The fourth-order valence-electron chi connectivity index (χ4n) is 1.70. The molecule has 0 aliphatic rings. The minimum absolute atomic E-state index is 0.258. The molecule has 2 aromatic carbocycles. The highest BCUT2D eigenvalue weighted by molar-refractivity contribution is 7.99. The van der Waals surface area contributed by atoms with E-state index in [0.29, 0.717) is 12.4 Å². The van der Waals surface area contributed by atoms with E-state index in [1.165, 1.54) is 12.1 Å². The summed E-state index contributed by atoms with van der Waals surface area (Å²) >= 11 is 1.68. The molecule has 110 valence electrons. The van der Waals surface area contributed by atoms with Gasteiger partial charge in [-0.05, 0) is 42.5 Å². The van der Waals surface area contributed by atoms with Crippen molar-refractivity contribution in [2.24, 2.45) is 0 Å². The van der Waals surface area contributed by atoms with Crippen molar-refractivity contribution in [1.82, 2.24) is 0 Å². The van der Waals surface area contributed by atoms with Gasteiger partial charge < -0.3 is 14.6 Å². The van der Waals surface area contributed by atoms with Gasteiger partial charge in [0, 0.05) is 10.6 Å².